The number of hydrogen-bond donors (Lipinski definition) is 0. The van der Waals surface area contributed by atoms with E-state index in [2.05, 4.69) is 38.5 Å². The molecule has 4 aromatic rings. The summed E-state index contributed by atoms with van der Waals surface area (Å²) >= 11 is 7.19. The second-order valence-corrected chi connectivity index (χ2v) is 13.8. The van der Waals surface area contributed by atoms with Crippen molar-refractivity contribution in [1.29, 1.82) is 0 Å². The lowest BCUT2D eigenvalue weighted by atomic mass is 9.95. The van der Waals surface area contributed by atoms with Crippen LogP contribution in [0.15, 0.2) is 86.2 Å². The molecule has 8 nitrogen and oxygen atoms in total. The minimum absolute atomic E-state index is 0.116. The number of carbonyl (C=O) groups is 1. The zero-order valence-corrected chi connectivity index (χ0v) is 30.7. The summed E-state index contributed by atoms with van der Waals surface area (Å²) in [5.74, 6) is 1.20. The summed E-state index contributed by atoms with van der Waals surface area (Å²) in [5.41, 5.74) is 2.96. The third kappa shape index (κ3) is 7.42. The molecule has 0 saturated carbocycles. The number of allylic oxidation sites excluding steroid dienone is 1. The lowest BCUT2D eigenvalue weighted by Gasteiger charge is -2.26. The molecule has 11 heteroatoms. The molecule has 240 valence electrons. The van der Waals surface area contributed by atoms with Crippen molar-refractivity contribution in [2.24, 2.45) is 4.99 Å². The first-order valence-electron chi connectivity index (χ1n) is 14.9. The first-order chi connectivity index (χ1) is 22.1. The van der Waals surface area contributed by atoms with Gasteiger partial charge in [-0.15, -0.1) is 0 Å². The maximum Gasteiger partial charge on any atom is 0.338 e. The predicted octanol–water partition coefficient (Wildman–Crippen LogP) is 6.93. The fourth-order valence-electron chi connectivity index (χ4n) is 5.12. The van der Waals surface area contributed by atoms with E-state index in [9.17, 15) is 9.59 Å². The number of fused-ring (bicyclic) bond motifs is 1. The van der Waals surface area contributed by atoms with Gasteiger partial charge in [0.05, 0.1) is 39.6 Å². The van der Waals surface area contributed by atoms with Crippen LogP contribution in [0.1, 0.15) is 57.4 Å². The maximum absolute atomic E-state index is 14.2. The molecule has 0 saturated heterocycles. The second-order valence-electron chi connectivity index (χ2n) is 10.7. The molecular formula is C35H34BrIN2O6S. The molecule has 1 atom stereocenters. The van der Waals surface area contributed by atoms with Crippen LogP contribution in [0.25, 0.3) is 6.08 Å². The third-order valence-corrected chi connectivity index (χ3v) is 9.31. The molecule has 0 N–H and O–H groups in total. The van der Waals surface area contributed by atoms with Gasteiger partial charge >= 0.3 is 5.97 Å². The van der Waals surface area contributed by atoms with Crippen LogP contribution < -0.4 is 29.1 Å². The monoisotopic (exact) mass is 816 g/mol. The van der Waals surface area contributed by atoms with Gasteiger partial charge in [0.25, 0.3) is 5.56 Å². The van der Waals surface area contributed by atoms with Gasteiger partial charge in [0.2, 0.25) is 0 Å². The number of aromatic nitrogens is 1. The number of thiazole rings is 1. The van der Waals surface area contributed by atoms with Crippen molar-refractivity contribution >= 4 is 61.9 Å². The Hall–Kier alpha value is -3.42. The van der Waals surface area contributed by atoms with Gasteiger partial charge < -0.3 is 18.9 Å². The molecule has 1 aromatic heterocycles. The first kappa shape index (κ1) is 33.9. The Kier molecular flexibility index (Phi) is 11.1. The van der Waals surface area contributed by atoms with Gasteiger partial charge in [-0.1, -0.05) is 41.7 Å². The van der Waals surface area contributed by atoms with Gasteiger partial charge in [-0.3, -0.25) is 9.36 Å². The SMILES string of the molecule is CCOC(=O)C1=C(C)N=c2s/c(=C/c3cc(Br)c(OCc4ccc(I)cc4)c(OCC)c3)c(=O)n2[C@H]1c1ccccc1OC(C)C. The van der Waals surface area contributed by atoms with Crippen LogP contribution in [0.5, 0.6) is 17.2 Å². The number of carbonyl (C=O) groups excluding carboxylic acids is 1. The van der Waals surface area contributed by atoms with Gasteiger partial charge in [-0.2, -0.15) is 0 Å². The van der Waals surface area contributed by atoms with Gasteiger partial charge in [0.1, 0.15) is 18.4 Å². The summed E-state index contributed by atoms with van der Waals surface area (Å²) in [6.07, 6.45) is 1.69. The Morgan fingerprint density at radius 2 is 1.80 bits per heavy atom. The predicted molar refractivity (Wildman–Crippen MR) is 191 cm³/mol. The fraction of sp³-hybridized carbons (Fsp3) is 0.286. The number of para-hydroxylation sites is 1. The topological polar surface area (TPSA) is 88.4 Å². The number of halogens is 2. The van der Waals surface area contributed by atoms with Gasteiger partial charge in [-0.05, 0) is 121 Å². The Bertz CT molecular complexity index is 1970. The quantitative estimate of drug-likeness (QED) is 0.121. The highest BCUT2D eigenvalue weighted by atomic mass is 127. The van der Waals surface area contributed by atoms with Crippen molar-refractivity contribution in [3.8, 4) is 17.2 Å². The number of nitrogens with zero attached hydrogens (tertiary/aromatic N) is 2. The van der Waals surface area contributed by atoms with E-state index in [1.165, 1.54) is 11.3 Å². The average molecular weight is 818 g/mol. The van der Waals surface area contributed by atoms with Crippen molar-refractivity contribution in [3.05, 3.63) is 116 Å². The van der Waals surface area contributed by atoms with Crippen LogP contribution in [0.4, 0.5) is 0 Å². The van der Waals surface area contributed by atoms with Crippen LogP contribution in [0.3, 0.4) is 0 Å². The van der Waals surface area contributed by atoms with Crippen molar-refractivity contribution in [1.82, 2.24) is 4.57 Å². The number of benzene rings is 3. The lowest BCUT2D eigenvalue weighted by Crippen LogP contribution is -2.40. The van der Waals surface area contributed by atoms with Gasteiger partial charge in [0, 0.05) is 9.13 Å². The molecule has 0 aliphatic carbocycles. The van der Waals surface area contributed by atoms with Crippen molar-refractivity contribution in [3.63, 3.8) is 0 Å². The molecular weight excluding hydrogens is 783 g/mol. The highest BCUT2D eigenvalue weighted by molar-refractivity contribution is 14.1. The fourth-order valence-corrected chi connectivity index (χ4v) is 7.10. The van der Waals surface area contributed by atoms with Crippen LogP contribution in [0, 0.1) is 3.57 Å². The van der Waals surface area contributed by atoms with E-state index in [1.807, 2.05) is 81.4 Å². The van der Waals surface area contributed by atoms with Gasteiger partial charge in [-0.25, -0.2) is 9.79 Å². The molecule has 0 fully saturated rings. The van der Waals surface area contributed by atoms with E-state index in [4.69, 9.17) is 23.9 Å². The normalized spacial score (nSPS) is 14.6. The Morgan fingerprint density at radius 3 is 2.50 bits per heavy atom. The number of ether oxygens (including phenoxy) is 4. The van der Waals surface area contributed by atoms with E-state index < -0.39 is 12.0 Å². The molecule has 0 amide bonds. The molecule has 2 heterocycles. The minimum atomic E-state index is -0.782. The van der Waals surface area contributed by atoms with E-state index in [0.29, 0.717) is 61.1 Å². The number of hydrogen-bond acceptors (Lipinski definition) is 8. The summed E-state index contributed by atoms with van der Waals surface area (Å²) in [4.78, 5) is 32.7. The van der Waals surface area contributed by atoms with E-state index >= 15 is 0 Å². The molecule has 0 unspecified atom stereocenters. The van der Waals surface area contributed by atoms with Crippen LogP contribution in [0.2, 0.25) is 0 Å². The summed E-state index contributed by atoms with van der Waals surface area (Å²) in [6, 6.07) is 18.5. The van der Waals surface area contributed by atoms with Crippen molar-refractivity contribution in [2.75, 3.05) is 13.2 Å². The highest BCUT2D eigenvalue weighted by Crippen LogP contribution is 2.38. The summed E-state index contributed by atoms with van der Waals surface area (Å²) < 4.78 is 27.6. The summed E-state index contributed by atoms with van der Waals surface area (Å²) in [5, 5.41) is 0. The Balaban J connectivity index is 1.61. The third-order valence-electron chi connectivity index (χ3n) is 7.02. The first-order valence-corrected chi connectivity index (χ1v) is 17.6. The van der Waals surface area contributed by atoms with Crippen LogP contribution in [-0.2, 0) is 16.1 Å². The zero-order chi connectivity index (χ0) is 33.0. The molecule has 0 radical (unpaired) electrons. The highest BCUT2D eigenvalue weighted by Gasteiger charge is 2.35. The Labute approximate surface area is 293 Å². The molecule has 0 spiro atoms. The van der Waals surface area contributed by atoms with Gasteiger partial charge in [0.15, 0.2) is 16.3 Å². The van der Waals surface area contributed by atoms with E-state index in [0.717, 1.165) is 14.7 Å². The molecule has 3 aromatic carbocycles. The minimum Gasteiger partial charge on any atom is -0.491 e. The van der Waals surface area contributed by atoms with E-state index in [1.54, 1.807) is 24.5 Å². The van der Waals surface area contributed by atoms with Crippen molar-refractivity contribution < 1.29 is 23.7 Å². The molecule has 0 bridgehead atoms. The van der Waals surface area contributed by atoms with Crippen LogP contribution >= 0.6 is 49.9 Å². The number of rotatable bonds is 11. The zero-order valence-electron chi connectivity index (χ0n) is 26.1. The Morgan fingerprint density at radius 1 is 1.07 bits per heavy atom. The van der Waals surface area contributed by atoms with E-state index in [-0.39, 0.29) is 18.3 Å². The molecule has 1 aliphatic rings. The largest absolute Gasteiger partial charge is 0.491 e. The average Bonchev–Trinajstić information content (AvgIpc) is 3.31. The molecule has 1 aliphatic heterocycles. The number of esters is 1. The summed E-state index contributed by atoms with van der Waals surface area (Å²) in [6.45, 7) is 10.3. The smallest absolute Gasteiger partial charge is 0.338 e. The van der Waals surface area contributed by atoms with Crippen LogP contribution in [-0.4, -0.2) is 29.9 Å². The van der Waals surface area contributed by atoms with Crippen molar-refractivity contribution in [2.45, 2.75) is 53.4 Å². The molecule has 46 heavy (non-hydrogen) atoms. The maximum atomic E-state index is 14.2. The summed E-state index contributed by atoms with van der Waals surface area (Å²) in [7, 11) is 0. The second kappa shape index (κ2) is 15.0. The lowest BCUT2D eigenvalue weighted by molar-refractivity contribution is -0.139. The standard InChI is InChI=1S/C35H34BrIN2O6S/c1-6-42-28-17-23(16-26(36)32(28)44-19-22-12-14-24(37)15-13-22)18-29-33(40)39-31(25-10-8-9-11-27(25)45-20(3)4)30(34(41)43-7-2)21(5)38-35(39)46-29/h8-18,20,31H,6-7,19H2,1-5H3/b29-18+/t31-/m0/s1. The molecule has 5 rings (SSSR count).